The first-order valence-corrected chi connectivity index (χ1v) is 6.67. The van der Waals surface area contributed by atoms with Gasteiger partial charge in [-0.3, -0.25) is 0 Å². The number of hydrogen-bond donors (Lipinski definition) is 3. The second-order valence-corrected chi connectivity index (χ2v) is 5.02. The van der Waals surface area contributed by atoms with Gasteiger partial charge in [0, 0.05) is 16.3 Å². The van der Waals surface area contributed by atoms with Crippen molar-refractivity contribution in [3.05, 3.63) is 58.9 Å². The van der Waals surface area contributed by atoms with E-state index in [1.807, 2.05) is 0 Å². The van der Waals surface area contributed by atoms with Gasteiger partial charge in [0.25, 0.3) is 0 Å². The van der Waals surface area contributed by atoms with Crippen LogP contribution in [0.2, 0.25) is 5.02 Å². The zero-order valence-corrected chi connectivity index (χ0v) is 12.3. The molecule has 4 N–H and O–H groups in total. The Labute approximate surface area is 131 Å². The largest absolute Gasteiger partial charge is 0.389 e. The van der Waals surface area contributed by atoms with E-state index in [9.17, 15) is 9.18 Å². The molecule has 0 aliphatic carbocycles. The summed E-state index contributed by atoms with van der Waals surface area (Å²) in [5.74, 6) is -0.487. The van der Waals surface area contributed by atoms with Crippen molar-refractivity contribution in [3.63, 3.8) is 0 Å². The van der Waals surface area contributed by atoms with Gasteiger partial charge in [-0.2, -0.15) is 0 Å². The quantitative estimate of drug-likeness (QED) is 0.753. The van der Waals surface area contributed by atoms with E-state index in [0.717, 1.165) is 6.07 Å². The number of nitrogens with one attached hydrogen (secondary N) is 2. The molecule has 0 bridgehead atoms. The molecule has 0 saturated heterocycles. The Morgan fingerprint density at radius 2 is 1.95 bits per heavy atom. The molecule has 0 aromatic heterocycles. The van der Waals surface area contributed by atoms with Gasteiger partial charge >= 0.3 is 6.03 Å². The summed E-state index contributed by atoms with van der Waals surface area (Å²) in [5, 5.41) is 5.66. The zero-order chi connectivity index (χ0) is 15.4. The Hall–Kier alpha value is -2.18. The number of carbonyl (C=O) groups excluding carboxylic acids is 1. The second kappa shape index (κ2) is 6.51. The van der Waals surface area contributed by atoms with Crippen LogP contribution in [-0.4, -0.2) is 11.0 Å². The van der Waals surface area contributed by atoms with E-state index in [4.69, 9.17) is 29.6 Å². The maximum atomic E-state index is 13.2. The van der Waals surface area contributed by atoms with Crippen molar-refractivity contribution in [2.75, 3.05) is 10.6 Å². The first kappa shape index (κ1) is 15.2. The summed E-state index contributed by atoms with van der Waals surface area (Å²) in [6.07, 6.45) is 0. The lowest BCUT2D eigenvalue weighted by atomic mass is 10.1. The first-order valence-electron chi connectivity index (χ1n) is 5.88. The Morgan fingerprint density at radius 3 is 2.62 bits per heavy atom. The van der Waals surface area contributed by atoms with Gasteiger partial charge in [0.2, 0.25) is 0 Å². The van der Waals surface area contributed by atoms with Crippen molar-refractivity contribution in [3.8, 4) is 0 Å². The molecule has 2 aromatic carbocycles. The van der Waals surface area contributed by atoms with Gasteiger partial charge in [0.05, 0.1) is 5.69 Å². The minimum Gasteiger partial charge on any atom is -0.389 e. The average Bonchev–Trinajstić information content (AvgIpc) is 2.40. The number of carbonyl (C=O) groups is 1. The molecule has 2 rings (SSSR count). The van der Waals surface area contributed by atoms with Crippen LogP contribution in [0.4, 0.5) is 20.6 Å². The predicted octanol–water partition coefficient (Wildman–Crippen LogP) is 3.76. The minimum absolute atomic E-state index is 0.00689. The molecule has 108 valence electrons. The number of anilines is 2. The van der Waals surface area contributed by atoms with Gasteiger partial charge < -0.3 is 16.4 Å². The SMILES string of the molecule is NC(=S)c1cc(F)ccc1NC(=O)Nc1cccc(Cl)c1. The number of benzene rings is 2. The number of amides is 2. The fraction of sp³-hybridized carbons (Fsp3) is 0. The fourth-order valence-electron chi connectivity index (χ4n) is 1.68. The number of hydrogen-bond acceptors (Lipinski definition) is 2. The lowest BCUT2D eigenvalue weighted by molar-refractivity contribution is 0.262. The molecule has 0 radical (unpaired) electrons. The molecule has 0 saturated carbocycles. The Kier molecular flexibility index (Phi) is 4.72. The van der Waals surface area contributed by atoms with Crippen molar-refractivity contribution in [2.45, 2.75) is 0 Å². The lowest BCUT2D eigenvalue weighted by Gasteiger charge is -2.11. The molecule has 0 aliphatic heterocycles. The molecule has 2 aromatic rings. The standard InChI is InChI=1S/C14H11ClFN3OS/c15-8-2-1-3-10(6-8)18-14(20)19-12-5-4-9(16)7-11(12)13(17)21/h1-7H,(H2,17,21)(H2,18,19,20). The van der Waals surface area contributed by atoms with E-state index in [2.05, 4.69) is 10.6 Å². The summed E-state index contributed by atoms with van der Waals surface area (Å²) in [4.78, 5) is 11.9. The predicted molar refractivity (Wildman–Crippen MR) is 86.4 cm³/mol. The summed E-state index contributed by atoms with van der Waals surface area (Å²) in [7, 11) is 0. The second-order valence-electron chi connectivity index (χ2n) is 4.14. The van der Waals surface area contributed by atoms with Gasteiger partial charge in [-0.15, -0.1) is 0 Å². The molecule has 0 heterocycles. The van der Waals surface area contributed by atoms with Crippen LogP contribution >= 0.6 is 23.8 Å². The summed E-state index contributed by atoms with van der Waals surface area (Å²) in [6.45, 7) is 0. The van der Waals surface area contributed by atoms with E-state index in [0.29, 0.717) is 16.4 Å². The summed E-state index contributed by atoms with van der Waals surface area (Å²) in [5.41, 5.74) is 6.61. The molecule has 0 atom stereocenters. The number of halogens is 2. The van der Waals surface area contributed by atoms with Gasteiger partial charge in [-0.25, -0.2) is 9.18 Å². The maximum Gasteiger partial charge on any atom is 0.323 e. The Bertz CT molecular complexity index is 708. The first-order chi connectivity index (χ1) is 9.95. The van der Waals surface area contributed by atoms with Gasteiger partial charge in [-0.1, -0.05) is 29.9 Å². The molecule has 0 fully saturated rings. The fourth-order valence-corrected chi connectivity index (χ4v) is 2.04. The molecule has 0 aliphatic rings. The van der Waals surface area contributed by atoms with Gasteiger partial charge in [0.15, 0.2) is 0 Å². The highest BCUT2D eigenvalue weighted by atomic mass is 35.5. The lowest BCUT2D eigenvalue weighted by Crippen LogP contribution is -2.22. The Balaban J connectivity index is 2.15. The van der Waals surface area contributed by atoms with Crippen LogP contribution in [0.15, 0.2) is 42.5 Å². The van der Waals surface area contributed by atoms with Crippen LogP contribution in [0.1, 0.15) is 5.56 Å². The maximum absolute atomic E-state index is 13.2. The van der Waals surface area contributed by atoms with E-state index >= 15 is 0 Å². The average molecular weight is 324 g/mol. The number of rotatable bonds is 3. The molecule has 21 heavy (non-hydrogen) atoms. The summed E-state index contributed by atoms with van der Waals surface area (Å²) >= 11 is 10.7. The van der Waals surface area contributed by atoms with Crippen molar-refractivity contribution in [1.29, 1.82) is 0 Å². The van der Waals surface area contributed by atoms with Gasteiger partial charge in [-0.05, 0) is 36.4 Å². The smallest absolute Gasteiger partial charge is 0.323 e. The highest BCUT2D eigenvalue weighted by Gasteiger charge is 2.10. The van der Waals surface area contributed by atoms with Crippen LogP contribution in [0, 0.1) is 5.82 Å². The normalized spacial score (nSPS) is 10.0. The monoisotopic (exact) mass is 323 g/mol. The molecule has 7 heteroatoms. The van der Waals surface area contributed by atoms with E-state index < -0.39 is 11.8 Å². The van der Waals surface area contributed by atoms with Crippen LogP contribution in [0.25, 0.3) is 0 Å². The molecule has 0 spiro atoms. The number of thiocarbonyl (C=S) groups is 1. The Morgan fingerprint density at radius 1 is 1.19 bits per heavy atom. The third-order valence-corrected chi connectivity index (χ3v) is 3.03. The molecular formula is C14H11ClFN3OS. The van der Waals surface area contributed by atoms with Crippen LogP contribution in [-0.2, 0) is 0 Å². The van der Waals surface area contributed by atoms with E-state index in [1.165, 1.54) is 12.1 Å². The van der Waals surface area contributed by atoms with Crippen molar-refractivity contribution in [1.82, 2.24) is 0 Å². The van der Waals surface area contributed by atoms with Crippen molar-refractivity contribution < 1.29 is 9.18 Å². The highest BCUT2D eigenvalue weighted by molar-refractivity contribution is 7.80. The van der Waals surface area contributed by atoms with Crippen LogP contribution in [0.5, 0.6) is 0 Å². The van der Waals surface area contributed by atoms with Crippen molar-refractivity contribution in [2.24, 2.45) is 5.73 Å². The number of urea groups is 1. The molecule has 2 amide bonds. The summed E-state index contributed by atoms with van der Waals surface area (Å²) in [6, 6.07) is 9.92. The minimum atomic E-state index is -0.513. The van der Waals surface area contributed by atoms with Crippen LogP contribution < -0.4 is 16.4 Å². The molecule has 4 nitrogen and oxygen atoms in total. The van der Waals surface area contributed by atoms with E-state index in [1.54, 1.807) is 24.3 Å². The third-order valence-electron chi connectivity index (χ3n) is 2.58. The molecular weight excluding hydrogens is 313 g/mol. The summed E-state index contributed by atoms with van der Waals surface area (Å²) < 4.78 is 13.2. The van der Waals surface area contributed by atoms with E-state index in [-0.39, 0.29) is 10.6 Å². The van der Waals surface area contributed by atoms with Crippen LogP contribution in [0.3, 0.4) is 0 Å². The van der Waals surface area contributed by atoms with Crippen molar-refractivity contribution >= 4 is 46.2 Å². The zero-order valence-electron chi connectivity index (χ0n) is 10.7. The topological polar surface area (TPSA) is 67.1 Å². The highest BCUT2D eigenvalue weighted by Crippen LogP contribution is 2.19. The third kappa shape index (κ3) is 4.14. The number of nitrogens with two attached hydrogens (primary N) is 1. The van der Waals surface area contributed by atoms with Gasteiger partial charge in [0.1, 0.15) is 10.8 Å². The molecule has 0 unspecified atom stereocenters.